The first-order valence-corrected chi connectivity index (χ1v) is 4.96. The van der Waals surface area contributed by atoms with Gasteiger partial charge in [-0.3, -0.25) is 4.98 Å². The van der Waals surface area contributed by atoms with Crippen LogP contribution in [0.1, 0.15) is 0 Å². The zero-order chi connectivity index (χ0) is 10.3. The van der Waals surface area contributed by atoms with Gasteiger partial charge in [-0.15, -0.1) is 10.2 Å². The van der Waals surface area contributed by atoms with E-state index in [2.05, 4.69) is 20.3 Å². The largest absolute Gasteiger partial charge is 0.506 e. The molecule has 0 saturated heterocycles. The average Bonchev–Trinajstić information content (AvgIpc) is 2.76. The van der Waals surface area contributed by atoms with E-state index >= 15 is 0 Å². The van der Waals surface area contributed by atoms with Crippen LogP contribution in [0.2, 0.25) is 0 Å². The normalized spacial score (nSPS) is 10.9. The molecule has 3 aromatic heterocycles. The van der Waals surface area contributed by atoms with Gasteiger partial charge < -0.3 is 5.11 Å². The van der Waals surface area contributed by atoms with Crippen LogP contribution in [0.5, 0.6) is 5.75 Å². The van der Waals surface area contributed by atoms with Crippen molar-refractivity contribution < 1.29 is 5.11 Å². The molecule has 0 fully saturated rings. The van der Waals surface area contributed by atoms with Crippen molar-refractivity contribution in [1.82, 2.24) is 24.8 Å². The van der Waals surface area contributed by atoms with Crippen molar-refractivity contribution in [1.29, 1.82) is 0 Å². The molecule has 0 amide bonds. The zero-order valence-corrected chi connectivity index (χ0v) is 8.22. The molecule has 1 N–H and O–H groups in total. The maximum atomic E-state index is 9.28. The van der Waals surface area contributed by atoms with E-state index in [-0.39, 0.29) is 5.75 Å². The van der Waals surface area contributed by atoms with Crippen LogP contribution in [0.4, 0.5) is 0 Å². The predicted molar refractivity (Wildman–Crippen MR) is 53.6 cm³/mol. The molecule has 3 aromatic rings. The number of nitrogens with zero attached hydrogens (tertiary/aromatic N) is 5. The highest BCUT2D eigenvalue weighted by Crippen LogP contribution is 2.25. The van der Waals surface area contributed by atoms with E-state index in [0.29, 0.717) is 4.96 Å². The van der Waals surface area contributed by atoms with E-state index in [4.69, 9.17) is 0 Å². The molecule has 15 heavy (non-hydrogen) atoms. The van der Waals surface area contributed by atoms with Gasteiger partial charge in [0, 0.05) is 11.8 Å². The summed E-state index contributed by atoms with van der Waals surface area (Å²) in [5.41, 5.74) is 0.769. The van der Waals surface area contributed by atoms with Gasteiger partial charge >= 0.3 is 0 Å². The Morgan fingerprint density at radius 1 is 1.33 bits per heavy atom. The highest BCUT2D eigenvalue weighted by molar-refractivity contribution is 7.19. The monoisotopic (exact) mass is 219 g/mol. The summed E-state index contributed by atoms with van der Waals surface area (Å²) in [6, 6.07) is 1.61. The van der Waals surface area contributed by atoms with Crippen LogP contribution in [0.25, 0.3) is 15.5 Å². The van der Waals surface area contributed by atoms with Gasteiger partial charge in [-0.05, 0) is 6.07 Å². The fourth-order valence-electron chi connectivity index (χ4n) is 1.22. The molecular formula is C8H5N5OS. The Morgan fingerprint density at radius 2 is 2.27 bits per heavy atom. The first-order valence-electron chi connectivity index (χ1n) is 4.14. The maximum absolute atomic E-state index is 9.28. The minimum absolute atomic E-state index is 0.124. The van der Waals surface area contributed by atoms with Crippen LogP contribution >= 0.6 is 11.3 Å². The van der Waals surface area contributed by atoms with Crippen LogP contribution in [-0.4, -0.2) is 29.9 Å². The lowest BCUT2D eigenvalue weighted by Gasteiger charge is -1.94. The minimum Gasteiger partial charge on any atom is -0.506 e. The predicted octanol–water partition coefficient (Wildman–Crippen LogP) is 0.953. The van der Waals surface area contributed by atoms with Gasteiger partial charge in [0.25, 0.3) is 0 Å². The van der Waals surface area contributed by atoms with Gasteiger partial charge in [0.2, 0.25) is 4.96 Å². The van der Waals surface area contributed by atoms with Crippen LogP contribution in [-0.2, 0) is 0 Å². The molecule has 0 aliphatic rings. The molecule has 0 unspecified atom stereocenters. The Morgan fingerprint density at radius 3 is 3.07 bits per heavy atom. The third kappa shape index (κ3) is 1.33. The van der Waals surface area contributed by atoms with E-state index in [9.17, 15) is 5.11 Å². The molecule has 3 heterocycles. The second-order valence-electron chi connectivity index (χ2n) is 2.90. The Hall–Kier alpha value is -2.02. The second kappa shape index (κ2) is 2.99. The number of hydrogen-bond donors (Lipinski definition) is 1. The number of hydrogen-bond acceptors (Lipinski definition) is 6. The van der Waals surface area contributed by atoms with Crippen molar-refractivity contribution in [2.75, 3.05) is 0 Å². The summed E-state index contributed by atoms with van der Waals surface area (Å²) in [7, 11) is 0. The number of fused-ring (bicyclic) bond motifs is 1. The number of pyridine rings is 1. The topological polar surface area (TPSA) is 76.2 Å². The Kier molecular flexibility index (Phi) is 1.65. The summed E-state index contributed by atoms with van der Waals surface area (Å²) in [6.07, 6.45) is 4.56. The quantitative estimate of drug-likeness (QED) is 0.659. The fraction of sp³-hybridized carbons (Fsp3) is 0. The van der Waals surface area contributed by atoms with Crippen LogP contribution in [0.3, 0.4) is 0 Å². The lowest BCUT2D eigenvalue weighted by Crippen LogP contribution is -1.83. The summed E-state index contributed by atoms with van der Waals surface area (Å²) in [6.45, 7) is 0. The Bertz CT molecular complexity index is 588. The third-order valence-corrected chi connectivity index (χ3v) is 2.82. The van der Waals surface area contributed by atoms with Gasteiger partial charge in [-0.2, -0.15) is 9.61 Å². The molecule has 74 valence electrons. The van der Waals surface area contributed by atoms with Crippen molar-refractivity contribution in [3.05, 3.63) is 24.8 Å². The van der Waals surface area contributed by atoms with Crippen molar-refractivity contribution in [2.45, 2.75) is 0 Å². The molecule has 0 aliphatic carbocycles. The summed E-state index contributed by atoms with van der Waals surface area (Å²) >= 11 is 1.39. The summed E-state index contributed by atoms with van der Waals surface area (Å²) in [5.74, 6) is 0.124. The average molecular weight is 219 g/mol. The molecule has 0 saturated carbocycles. The SMILES string of the molecule is Oc1cncc(-c2nn3cnnc3s2)c1. The van der Waals surface area contributed by atoms with Crippen molar-refractivity contribution in [3.63, 3.8) is 0 Å². The lowest BCUT2D eigenvalue weighted by atomic mass is 10.3. The molecule has 7 heteroatoms. The van der Waals surface area contributed by atoms with E-state index < -0.39 is 0 Å². The summed E-state index contributed by atoms with van der Waals surface area (Å²) < 4.78 is 1.59. The van der Waals surface area contributed by atoms with Crippen LogP contribution in [0.15, 0.2) is 24.8 Å². The van der Waals surface area contributed by atoms with Crippen LogP contribution < -0.4 is 0 Å². The van der Waals surface area contributed by atoms with Gasteiger partial charge in [0.05, 0.1) is 6.20 Å². The molecule has 3 rings (SSSR count). The van der Waals surface area contributed by atoms with Gasteiger partial charge in [0.15, 0.2) is 0 Å². The number of aromatic hydroxyl groups is 1. The Labute approximate surface area is 87.9 Å². The highest BCUT2D eigenvalue weighted by Gasteiger charge is 2.08. The Balaban J connectivity index is 2.17. The van der Waals surface area contributed by atoms with Crippen molar-refractivity contribution >= 4 is 16.3 Å². The standard InChI is InChI=1S/C8H5N5OS/c14-6-1-5(2-9-3-6)7-12-13-4-10-11-8(13)15-7/h1-4,14H. The first kappa shape index (κ1) is 8.30. The van der Waals surface area contributed by atoms with Gasteiger partial charge in [-0.25, -0.2) is 0 Å². The number of rotatable bonds is 1. The molecule has 6 nitrogen and oxygen atoms in total. The molecule has 0 aliphatic heterocycles. The van der Waals surface area contributed by atoms with Gasteiger partial charge in [0.1, 0.15) is 17.1 Å². The fourth-order valence-corrected chi connectivity index (χ4v) is 2.02. The molecular weight excluding hydrogens is 214 g/mol. The summed E-state index contributed by atoms with van der Waals surface area (Å²) in [5, 5.41) is 21.9. The highest BCUT2D eigenvalue weighted by atomic mass is 32.1. The first-order chi connectivity index (χ1) is 7.33. The van der Waals surface area contributed by atoms with E-state index in [0.717, 1.165) is 10.6 Å². The smallest absolute Gasteiger partial charge is 0.234 e. The van der Waals surface area contributed by atoms with Crippen molar-refractivity contribution in [2.24, 2.45) is 0 Å². The van der Waals surface area contributed by atoms with Gasteiger partial charge in [-0.1, -0.05) is 11.3 Å². The third-order valence-electron chi connectivity index (χ3n) is 1.86. The molecule has 0 aromatic carbocycles. The molecule has 0 bridgehead atoms. The summed E-state index contributed by atoms with van der Waals surface area (Å²) in [4.78, 5) is 4.60. The van der Waals surface area contributed by atoms with E-state index in [1.54, 1.807) is 16.8 Å². The second-order valence-corrected chi connectivity index (χ2v) is 3.85. The van der Waals surface area contributed by atoms with E-state index in [1.807, 2.05) is 0 Å². The molecule has 0 spiro atoms. The minimum atomic E-state index is 0.124. The molecule has 0 radical (unpaired) electrons. The molecule has 0 atom stereocenters. The number of aromatic nitrogens is 5. The van der Waals surface area contributed by atoms with Crippen LogP contribution in [0, 0.1) is 0 Å². The van der Waals surface area contributed by atoms with E-state index in [1.165, 1.54) is 23.9 Å². The van der Waals surface area contributed by atoms with Crippen molar-refractivity contribution in [3.8, 4) is 16.3 Å². The maximum Gasteiger partial charge on any atom is 0.234 e. The lowest BCUT2D eigenvalue weighted by molar-refractivity contribution is 0.473. The zero-order valence-electron chi connectivity index (χ0n) is 7.40.